The molecule has 1 N–H and O–H groups in total. The number of rotatable bonds is 5. The van der Waals surface area contributed by atoms with E-state index in [0.29, 0.717) is 23.3 Å². The minimum absolute atomic E-state index is 0.128. The van der Waals surface area contributed by atoms with Gasteiger partial charge in [0.2, 0.25) is 0 Å². The fourth-order valence-electron chi connectivity index (χ4n) is 3.01. The first kappa shape index (κ1) is 17.7. The Morgan fingerprint density at radius 1 is 1.28 bits per heavy atom. The molecule has 1 aromatic carbocycles. The van der Waals surface area contributed by atoms with E-state index in [-0.39, 0.29) is 11.4 Å². The van der Waals surface area contributed by atoms with Crippen molar-refractivity contribution < 1.29 is 13.9 Å². The van der Waals surface area contributed by atoms with E-state index in [1.807, 2.05) is 0 Å². The van der Waals surface area contributed by atoms with Crippen molar-refractivity contribution in [2.45, 2.75) is 32.1 Å². The molecular formula is C19H20ClFN2O2. The molecule has 0 bridgehead atoms. The average Bonchev–Trinajstić information content (AvgIpc) is 2.64. The molecule has 132 valence electrons. The van der Waals surface area contributed by atoms with Gasteiger partial charge >= 0.3 is 0 Å². The Balaban J connectivity index is 1.69. The number of pyridine rings is 1. The number of hydrogen-bond donors (Lipinski definition) is 1. The molecule has 0 spiro atoms. The lowest BCUT2D eigenvalue weighted by Gasteiger charge is -2.22. The largest absolute Gasteiger partial charge is 0.489 e. The predicted octanol–water partition coefficient (Wildman–Crippen LogP) is 5.09. The molecular weight excluding hydrogens is 343 g/mol. The Bertz CT molecular complexity index is 748. The van der Waals surface area contributed by atoms with Crippen molar-refractivity contribution >= 4 is 23.3 Å². The number of nitrogens with zero attached hydrogens (tertiary/aromatic N) is 1. The van der Waals surface area contributed by atoms with Crippen molar-refractivity contribution in [1.82, 2.24) is 4.98 Å². The molecule has 1 aliphatic carbocycles. The lowest BCUT2D eigenvalue weighted by atomic mass is 9.90. The van der Waals surface area contributed by atoms with E-state index in [9.17, 15) is 9.18 Å². The van der Waals surface area contributed by atoms with E-state index in [1.54, 1.807) is 18.3 Å². The van der Waals surface area contributed by atoms with Crippen LogP contribution in [0.2, 0.25) is 5.02 Å². The minimum atomic E-state index is -0.637. The first-order valence-corrected chi connectivity index (χ1v) is 8.85. The topological polar surface area (TPSA) is 51.2 Å². The molecule has 0 radical (unpaired) electrons. The fraction of sp³-hybridized carbons (Fsp3) is 0.368. The van der Waals surface area contributed by atoms with Crippen molar-refractivity contribution in [3.8, 4) is 5.75 Å². The minimum Gasteiger partial charge on any atom is -0.489 e. The van der Waals surface area contributed by atoms with Gasteiger partial charge in [-0.2, -0.15) is 0 Å². The quantitative estimate of drug-likeness (QED) is 0.806. The van der Waals surface area contributed by atoms with Crippen molar-refractivity contribution in [3.63, 3.8) is 0 Å². The molecule has 1 amide bonds. The second-order valence-corrected chi connectivity index (χ2v) is 6.68. The van der Waals surface area contributed by atoms with Gasteiger partial charge in [-0.3, -0.25) is 4.79 Å². The normalized spacial score (nSPS) is 15.0. The standard InChI is InChI=1S/C19H20ClFN2O2/c20-14-8-9-16(21)15(11-14)19(24)23-18-17(7-4-10-22-18)25-12-13-5-2-1-3-6-13/h4,7-11,13H,1-3,5-6,12H2,(H,22,23,24). The maximum absolute atomic E-state index is 13.8. The van der Waals surface area contributed by atoms with Crippen LogP contribution in [0.5, 0.6) is 5.75 Å². The van der Waals surface area contributed by atoms with Crippen LogP contribution in [0.3, 0.4) is 0 Å². The van der Waals surface area contributed by atoms with Crippen LogP contribution in [0.4, 0.5) is 10.2 Å². The van der Waals surface area contributed by atoms with Crippen molar-refractivity contribution in [3.05, 3.63) is 52.9 Å². The molecule has 25 heavy (non-hydrogen) atoms. The molecule has 1 aliphatic rings. The second kappa shape index (κ2) is 8.30. The summed E-state index contributed by atoms with van der Waals surface area (Å²) in [5, 5.41) is 2.90. The summed E-state index contributed by atoms with van der Waals surface area (Å²) in [5.74, 6) is 0.0538. The fourth-order valence-corrected chi connectivity index (χ4v) is 3.18. The number of amides is 1. The SMILES string of the molecule is O=C(Nc1ncccc1OCC1CCCCC1)c1cc(Cl)ccc1F. The highest BCUT2D eigenvalue weighted by Crippen LogP contribution is 2.27. The molecule has 0 saturated heterocycles. The van der Waals surface area contributed by atoms with Gasteiger partial charge in [-0.1, -0.05) is 30.9 Å². The molecule has 0 atom stereocenters. The smallest absolute Gasteiger partial charge is 0.259 e. The van der Waals surface area contributed by atoms with E-state index in [2.05, 4.69) is 10.3 Å². The van der Waals surface area contributed by atoms with Crippen LogP contribution in [0, 0.1) is 11.7 Å². The van der Waals surface area contributed by atoms with Crippen LogP contribution in [-0.2, 0) is 0 Å². The summed E-state index contributed by atoms with van der Waals surface area (Å²) in [6, 6.07) is 7.34. The number of ether oxygens (including phenoxy) is 1. The summed E-state index contributed by atoms with van der Waals surface area (Å²) in [5.41, 5.74) is -0.128. The maximum Gasteiger partial charge on any atom is 0.259 e. The molecule has 3 rings (SSSR count). The molecule has 1 saturated carbocycles. The van der Waals surface area contributed by atoms with Crippen LogP contribution in [-0.4, -0.2) is 17.5 Å². The molecule has 1 heterocycles. The molecule has 0 unspecified atom stereocenters. The Hall–Kier alpha value is -2.14. The number of benzene rings is 1. The van der Waals surface area contributed by atoms with E-state index < -0.39 is 11.7 Å². The first-order valence-electron chi connectivity index (χ1n) is 8.47. The number of hydrogen-bond acceptors (Lipinski definition) is 3. The van der Waals surface area contributed by atoms with Crippen molar-refractivity contribution in [2.24, 2.45) is 5.92 Å². The number of halogens is 2. The monoisotopic (exact) mass is 362 g/mol. The molecule has 0 aliphatic heterocycles. The zero-order valence-electron chi connectivity index (χ0n) is 13.8. The van der Waals surface area contributed by atoms with Gasteiger partial charge in [-0.25, -0.2) is 9.37 Å². The Labute approximate surface area is 151 Å². The highest BCUT2D eigenvalue weighted by molar-refractivity contribution is 6.31. The Morgan fingerprint density at radius 3 is 2.88 bits per heavy atom. The third-order valence-electron chi connectivity index (χ3n) is 4.37. The van der Waals surface area contributed by atoms with Crippen LogP contribution in [0.25, 0.3) is 0 Å². The lowest BCUT2D eigenvalue weighted by molar-refractivity contribution is 0.102. The Kier molecular flexibility index (Phi) is 5.87. The van der Waals surface area contributed by atoms with Gasteiger partial charge in [-0.15, -0.1) is 0 Å². The zero-order chi connectivity index (χ0) is 17.6. The predicted molar refractivity (Wildman–Crippen MR) is 95.7 cm³/mol. The second-order valence-electron chi connectivity index (χ2n) is 6.24. The van der Waals surface area contributed by atoms with Gasteiger partial charge < -0.3 is 10.1 Å². The first-order chi connectivity index (χ1) is 12.1. The van der Waals surface area contributed by atoms with Gasteiger partial charge in [0, 0.05) is 11.2 Å². The third kappa shape index (κ3) is 4.69. The van der Waals surface area contributed by atoms with E-state index >= 15 is 0 Å². The van der Waals surface area contributed by atoms with Gasteiger partial charge in [0.15, 0.2) is 11.6 Å². The van der Waals surface area contributed by atoms with E-state index in [4.69, 9.17) is 16.3 Å². The van der Waals surface area contributed by atoms with E-state index in [0.717, 1.165) is 18.9 Å². The zero-order valence-corrected chi connectivity index (χ0v) is 14.6. The summed E-state index contributed by atoms with van der Waals surface area (Å²) in [4.78, 5) is 16.5. The van der Waals surface area contributed by atoms with Gasteiger partial charge in [0.25, 0.3) is 5.91 Å². The number of carbonyl (C=O) groups is 1. The van der Waals surface area contributed by atoms with Gasteiger partial charge in [0.1, 0.15) is 5.82 Å². The third-order valence-corrected chi connectivity index (χ3v) is 4.61. The average molecular weight is 363 g/mol. The highest BCUT2D eigenvalue weighted by atomic mass is 35.5. The van der Waals surface area contributed by atoms with Crippen LogP contribution < -0.4 is 10.1 Å². The summed E-state index contributed by atoms with van der Waals surface area (Å²) in [6.07, 6.45) is 7.63. The summed E-state index contributed by atoms with van der Waals surface area (Å²) < 4.78 is 19.7. The summed E-state index contributed by atoms with van der Waals surface area (Å²) in [6.45, 7) is 0.597. The van der Waals surface area contributed by atoms with Crippen LogP contribution in [0.15, 0.2) is 36.5 Å². The number of carbonyl (C=O) groups excluding carboxylic acids is 1. The number of aromatic nitrogens is 1. The van der Waals surface area contributed by atoms with Crippen LogP contribution in [0.1, 0.15) is 42.5 Å². The van der Waals surface area contributed by atoms with Crippen molar-refractivity contribution in [1.29, 1.82) is 0 Å². The van der Waals surface area contributed by atoms with Gasteiger partial charge in [0.05, 0.1) is 12.2 Å². The number of nitrogens with one attached hydrogen (secondary N) is 1. The van der Waals surface area contributed by atoms with E-state index in [1.165, 1.54) is 31.4 Å². The summed E-state index contributed by atoms with van der Waals surface area (Å²) >= 11 is 5.84. The molecule has 1 aromatic heterocycles. The molecule has 2 aromatic rings. The van der Waals surface area contributed by atoms with Crippen LogP contribution >= 0.6 is 11.6 Å². The highest BCUT2D eigenvalue weighted by Gasteiger charge is 2.18. The maximum atomic E-state index is 13.8. The van der Waals surface area contributed by atoms with Crippen molar-refractivity contribution in [2.75, 3.05) is 11.9 Å². The van der Waals surface area contributed by atoms with Gasteiger partial charge in [-0.05, 0) is 49.1 Å². The molecule has 6 heteroatoms. The molecule has 1 fully saturated rings. The molecule has 4 nitrogen and oxygen atoms in total. The lowest BCUT2D eigenvalue weighted by Crippen LogP contribution is -2.18. The summed E-state index contributed by atoms with van der Waals surface area (Å²) in [7, 11) is 0. The Morgan fingerprint density at radius 2 is 2.08 bits per heavy atom. The number of anilines is 1.